The van der Waals surface area contributed by atoms with Crippen molar-refractivity contribution in [2.24, 2.45) is 5.73 Å². The number of nitrogens with two attached hydrogens (primary N) is 1. The van der Waals surface area contributed by atoms with E-state index in [1.54, 1.807) is 43.3 Å². The monoisotopic (exact) mass is 1020 g/mol. The number of rotatable bonds is 9. The molecule has 0 atom stereocenters. The number of hydrogen-bond donors (Lipinski definition) is 5. The number of carboxylic acids is 1. The van der Waals surface area contributed by atoms with Crippen molar-refractivity contribution >= 4 is 59.0 Å². The van der Waals surface area contributed by atoms with Crippen molar-refractivity contribution in [3.05, 3.63) is 142 Å². The number of likely N-dealkylation sites (N-methyl/N-ethyl adjacent to an activating group) is 2. The van der Waals surface area contributed by atoms with Gasteiger partial charge in [-0.15, -0.1) is 0 Å². The number of carboxylic acid groups (broad SMARTS) is 1. The van der Waals surface area contributed by atoms with Crippen LogP contribution in [0.15, 0.2) is 97.1 Å². The number of aliphatic hydroxyl groups excluding tert-OH is 2. The number of amides is 5. The standard InChI is InChI=1S/C26H26F3N3O4.C24H21F3N2O4.C2H7NO/c1-31-21-8-6-18(23(35)30-12-15-33)16-20(21)25(24(31)36)10-13-32(14-11-25)22(34)9-7-17-4-2-3-5-19(17)26(27,28)29;1-28-19-8-6-16(21(31)32)14-18(19)23(22(28)33)10-12-29(13-11-23)20(30)9-7-15-4-2-3-5-17(15)24(25,26)27;3-1-2-4/h2-9,16,33H,10-15H2,1H3,(H,30,35);2-9,14H,10-13H2,1H3,(H,31,32);4H,1-3H2/b2*9-7+;. The largest absolute Gasteiger partial charge is 0.478 e. The zero-order chi connectivity index (χ0) is 53.5. The van der Waals surface area contributed by atoms with Crippen molar-refractivity contribution in [3.8, 4) is 0 Å². The van der Waals surface area contributed by atoms with E-state index >= 15 is 0 Å². The van der Waals surface area contributed by atoms with E-state index in [-0.39, 0.29) is 80.3 Å². The van der Waals surface area contributed by atoms with E-state index in [9.17, 15) is 60.2 Å². The Morgan fingerprint density at radius 3 is 1.38 bits per heavy atom. The molecule has 0 unspecified atom stereocenters. The molecule has 2 saturated heterocycles. The molecular weight excluding hydrogens is 967 g/mol. The highest BCUT2D eigenvalue weighted by Crippen LogP contribution is 2.49. The third-order valence-electron chi connectivity index (χ3n) is 13.4. The number of aromatic carboxylic acids is 1. The van der Waals surface area contributed by atoms with Crippen molar-refractivity contribution < 1.29 is 70.4 Å². The Morgan fingerprint density at radius 1 is 0.630 bits per heavy atom. The zero-order valence-electron chi connectivity index (χ0n) is 39.8. The second kappa shape index (κ2) is 22.6. The molecular formula is C52H54F6N6O9. The van der Waals surface area contributed by atoms with Gasteiger partial charge in [0.15, 0.2) is 0 Å². The lowest BCUT2D eigenvalue weighted by Crippen LogP contribution is -2.49. The van der Waals surface area contributed by atoms with Crippen LogP contribution in [0.25, 0.3) is 12.2 Å². The van der Waals surface area contributed by atoms with Gasteiger partial charge in [-0.25, -0.2) is 4.79 Å². The highest BCUT2D eigenvalue weighted by atomic mass is 19.4. The summed E-state index contributed by atoms with van der Waals surface area (Å²) in [6.45, 7) is 1.31. The first kappa shape index (κ1) is 55.0. The SMILES string of the molecule is CN1C(=O)C2(CCN(C(=O)/C=C/c3ccccc3C(F)(F)F)CC2)c2cc(C(=O)NCCO)ccc21.CN1C(=O)C2(CCN(C(=O)/C=C/c3ccccc3C(F)(F)F)CC2)c2cc(C(=O)O)ccc21.NCCO. The fraction of sp³-hybridized carbons (Fsp3) is 0.346. The number of benzene rings is 4. The average molecular weight is 1020 g/mol. The summed E-state index contributed by atoms with van der Waals surface area (Å²) >= 11 is 0. The molecule has 21 heteroatoms. The number of piperidine rings is 2. The zero-order valence-corrected chi connectivity index (χ0v) is 39.8. The summed E-state index contributed by atoms with van der Waals surface area (Å²) in [7, 11) is 3.30. The third kappa shape index (κ3) is 11.6. The first-order valence-electron chi connectivity index (χ1n) is 23.1. The summed E-state index contributed by atoms with van der Waals surface area (Å²) in [6.07, 6.45) is -3.27. The van der Waals surface area contributed by atoms with Crippen LogP contribution < -0.4 is 20.9 Å². The highest BCUT2D eigenvalue weighted by molar-refractivity contribution is 6.10. The predicted octanol–water partition coefficient (Wildman–Crippen LogP) is 5.87. The molecule has 0 aromatic heterocycles. The van der Waals surface area contributed by atoms with Crippen molar-refractivity contribution in [1.29, 1.82) is 0 Å². The Bertz CT molecular complexity index is 2800. The lowest BCUT2D eigenvalue weighted by Gasteiger charge is -2.38. The van der Waals surface area contributed by atoms with E-state index < -0.39 is 52.1 Å². The Morgan fingerprint density at radius 2 is 1.01 bits per heavy atom. The number of aliphatic hydroxyl groups is 2. The molecule has 4 heterocycles. The van der Waals surface area contributed by atoms with Crippen LogP contribution in [-0.4, -0.2) is 127 Å². The van der Waals surface area contributed by atoms with Gasteiger partial charge in [-0.1, -0.05) is 36.4 Å². The topological polar surface area (TPSA) is 214 Å². The average Bonchev–Trinajstić information content (AvgIpc) is 3.70. The molecule has 0 bridgehead atoms. The Hall–Kier alpha value is -7.36. The smallest absolute Gasteiger partial charge is 0.416 e. The summed E-state index contributed by atoms with van der Waals surface area (Å²) in [4.78, 5) is 81.7. The van der Waals surface area contributed by atoms with E-state index in [1.807, 2.05) is 0 Å². The minimum Gasteiger partial charge on any atom is -0.478 e. The van der Waals surface area contributed by atoms with Crippen LogP contribution in [0.2, 0.25) is 0 Å². The van der Waals surface area contributed by atoms with Crippen molar-refractivity contribution in [2.45, 2.75) is 48.9 Å². The van der Waals surface area contributed by atoms with Gasteiger partial charge in [0.05, 0.1) is 40.7 Å². The molecule has 15 nitrogen and oxygen atoms in total. The maximum absolute atomic E-state index is 13.3. The molecule has 73 heavy (non-hydrogen) atoms. The van der Waals surface area contributed by atoms with Gasteiger partial charge < -0.3 is 46.0 Å². The van der Waals surface area contributed by atoms with Crippen LogP contribution in [0, 0.1) is 0 Å². The number of hydrogen-bond acceptors (Lipinski definition) is 9. The molecule has 6 N–H and O–H groups in total. The maximum atomic E-state index is 13.3. The van der Waals surface area contributed by atoms with Crippen molar-refractivity contribution in [2.75, 3.05) is 76.4 Å². The van der Waals surface area contributed by atoms with Crippen LogP contribution in [0.1, 0.15) is 79.8 Å². The molecule has 0 saturated carbocycles. The molecule has 0 radical (unpaired) electrons. The van der Waals surface area contributed by atoms with E-state index in [0.717, 1.165) is 36.4 Å². The van der Waals surface area contributed by atoms with E-state index in [2.05, 4.69) is 5.32 Å². The van der Waals surface area contributed by atoms with E-state index in [0.29, 0.717) is 60.3 Å². The minimum atomic E-state index is -4.53. The first-order chi connectivity index (χ1) is 34.5. The molecule has 4 aliphatic heterocycles. The number of likely N-dealkylation sites (tertiary alicyclic amines) is 2. The van der Waals surface area contributed by atoms with E-state index in [1.165, 1.54) is 63.2 Å². The maximum Gasteiger partial charge on any atom is 0.416 e. The molecule has 4 aromatic rings. The normalized spacial score (nSPS) is 16.8. The van der Waals surface area contributed by atoms with Crippen LogP contribution >= 0.6 is 0 Å². The van der Waals surface area contributed by atoms with Gasteiger partial charge in [0.1, 0.15) is 0 Å². The summed E-state index contributed by atoms with van der Waals surface area (Å²) in [5.74, 6) is -2.60. The molecule has 0 aliphatic carbocycles. The van der Waals surface area contributed by atoms with Gasteiger partial charge in [0, 0.05) is 82.5 Å². The number of carbonyl (C=O) groups is 6. The Balaban J connectivity index is 0.000000223. The summed E-state index contributed by atoms with van der Waals surface area (Å²) in [5.41, 5.74) is 4.28. The lowest BCUT2D eigenvalue weighted by molar-refractivity contribution is -0.138. The number of anilines is 2. The highest BCUT2D eigenvalue weighted by Gasteiger charge is 2.53. The van der Waals surface area contributed by atoms with Gasteiger partial charge >= 0.3 is 18.3 Å². The van der Waals surface area contributed by atoms with Gasteiger partial charge in [0.2, 0.25) is 23.6 Å². The number of alkyl halides is 6. The Labute approximate surface area is 416 Å². The van der Waals surface area contributed by atoms with Crippen LogP contribution in [0.4, 0.5) is 37.7 Å². The molecule has 388 valence electrons. The summed E-state index contributed by atoms with van der Waals surface area (Å²) in [5, 5.41) is 28.6. The predicted molar refractivity (Wildman–Crippen MR) is 258 cm³/mol. The molecule has 2 spiro atoms. The van der Waals surface area contributed by atoms with Gasteiger partial charge in [-0.2, -0.15) is 26.3 Å². The third-order valence-corrected chi connectivity index (χ3v) is 13.4. The fourth-order valence-electron chi connectivity index (χ4n) is 9.58. The minimum absolute atomic E-state index is 0.0843. The van der Waals surface area contributed by atoms with Crippen molar-refractivity contribution in [1.82, 2.24) is 15.1 Å². The van der Waals surface area contributed by atoms with Gasteiger partial charge in [0.25, 0.3) is 5.91 Å². The summed E-state index contributed by atoms with van der Waals surface area (Å²) in [6, 6.07) is 19.7. The van der Waals surface area contributed by atoms with Crippen LogP contribution in [0.3, 0.4) is 0 Å². The van der Waals surface area contributed by atoms with Crippen molar-refractivity contribution in [3.63, 3.8) is 0 Å². The number of fused-ring (bicyclic) bond motifs is 4. The number of nitrogens with zero attached hydrogens (tertiary/aromatic N) is 4. The second-order valence-corrected chi connectivity index (χ2v) is 17.6. The number of carbonyl (C=O) groups excluding carboxylic acids is 5. The summed E-state index contributed by atoms with van der Waals surface area (Å²) < 4.78 is 79.2. The lowest BCUT2D eigenvalue weighted by atomic mass is 9.73. The van der Waals surface area contributed by atoms with E-state index in [4.69, 9.17) is 15.9 Å². The van der Waals surface area contributed by atoms with Crippen LogP contribution in [-0.2, 0) is 42.4 Å². The van der Waals surface area contributed by atoms with Crippen LogP contribution in [0.5, 0.6) is 0 Å². The molecule has 2 fully saturated rings. The first-order valence-corrected chi connectivity index (χ1v) is 23.1. The second-order valence-electron chi connectivity index (χ2n) is 17.6. The van der Waals surface area contributed by atoms with Gasteiger partial charge in [-0.3, -0.25) is 24.0 Å². The number of halogens is 6. The molecule has 8 rings (SSSR count). The number of nitrogens with one attached hydrogen (secondary N) is 1. The quantitative estimate of drug-likeness (QED) is 0.0994. The Kier molecular flexibility index (Phi) is 17.0. The van der Waals surface area contributed by atoms with Gasteiger partial charge in [-0.05, 0) is 109 Å². The molecule has 5 amide bonds. The fourth-order valence-corrected chi connectivity index (χ4v) is 9.58. The molecule has 4 aromatic carbocycles. The molecule has 4 aliphatic rings.